The van der Waals surface area contributed by atoms with E-state index in [1.165, 1.54) is 6.20 Å². The lowest BCUT2D eigenvalue weighted by Crippen LogP contribution is -2.26. The van der Waals surface area contributed by atoms with Crippen molar-refractivity contribution in [2.75, 3.05) is 25.9 Å². The first-order valence-corrected chi connectivity index (χ1v) is 4.80. The zero-order valence-electron chi connectivity index (χ0n) is 9.19. The van der Waals surface area contributed by atoms with Crippen molar-refractivity contribution in [2.45, 2.75) is 6.92 Å². The molecule has 0 aromatic carbocycles. The molecule has 0 spiro atoms. The highest BCUT2D eigenvalue weighted by Crippen LogP contribution is 2.11. The number of aromatic nitrogens is 2. The average Bonchev–Trinajstić information content (AvgIpc) is 2.61. The summed E-state index contributed by atoms with van der Waals surface area (Å²) >= 11 is 0. The molecular formula is C9H14N4O3. The molecular weight excluding hydrogens is 212 g/mol. The Balaban J connectivity index is 2.92. The number of nitrogens with one attached hydrogen (secondary N) is 1. The quantitative estimate of drug-likeness (QED) is 0.671. The Hall–Kier alpha value is -1.89. The first-order valence-electron chi connectivity index (χ1n) is 4.80. The summed E-state index contributed by atoms with van der Waals surface area (Å²) in [5.41, 5.74) is 5.72. The van der Waals surface area contributed by atoms with Gasteiger partial charge in [-0.3, -0.25) is 4.79 Å². The number of anilines is 1. The molecule has 0 bridgehead atoms. The van der Waals surface area contributed by atoms with Gasteiger partial charge in [-0.25, -0.2) is 4.79 Å². The molecule has 1 heterocycles. The van der Waals surface area contributed by atoms with Crippen molar-refractivity contribution >= 4 is 17.7 Å². The van der Waals surface area contributed by atoms with Crippen LogP contribution in [0.25, 0.3) is 0 Å². The Bertz CT molecular complexity index is 364. The van der Waals surface area contributed by atoms with Crippen LogP contribution in [0.3, 0.4) is 0 Å². The Labute approximate surface area is 92.6 Å². The van der Waals surface area contributed by atoms with E-state index in [1.54, 1.807) is 14.0 Å². The van der Waals surface area contributed by atoms with Gasteiger partial charge in [0.1, 0.15) is 11.4 Å². The van der Waals surface area contributed by atoms with Crippen molar-refractivity contribution in [2.24, 2.45) is 0 Å². The molecule has 0 radical (unpaired) electrons. The third-order valence-corrected chi connectivity index (χ3v) is 1.87. The molecule has 16 heavy (non-hydrogen) atoms. The van der Waals surface area contributed by atoms with E-state index < -0.39 is 5.97 Å². The fraction of sp³-hybridized carbons (Fsp3) is 0.444. The lowest BCUT2D eigenvalue weighted by Gasteiger charge is -2.03. The summed E-state index contributed by atoms with van der Waals surface area (Å²) in [6, 6.07) is 0. The minimum Gasteiger partial charge on any atom is -0.462 e. The third-order valence-electron chi connectivity index (χ3n) is 1.87. The predicted octanol–water partition coefficient (Wildman–Crippen LogP) is -0.498. The average molecular weight is 226 g/mol. The molecule has 1 rings (SSSR count). The fourth-order valence-electron chi connectivity index (χ4n) is 1.15. The number of hydrogen-bond acceptors (Lipinski definition) is 6. The molecule has 0 saturated heterocycles. The third kappa shape index (κ3) is 2.37. The highest BCUT2D eigenvalue weighted by molar-refractivity contribution is 5.96. The minimum absolute atomic E-state index is 0.00120. The van der Waals surface area contributed by atoms with E-state index in [9.17, 15) is 9.59 Å². The van der Waals surface area contributed by atoms with E-state index in [4.69, 9.17) is 10.5 Å². The Morgan fingerprint density at radius 3 is 2.88 bits per heavy atom. The molecule has 0 unspecified atom stereocenters. The normalized spacial score (nSPS) is 10.1. The molecule has 0 atom stereocenters. The zero-order valence-corrected chi connectivity index (χ0v) is 9.19. The summed E-state index contributed by atoms with van der Waals surface area (Å²) in [5.74, 6) is -0.919. The second-order valence-corrected chi connectivity index (χ2v) is 3.00. The first-order chi connectivity index (χ1) is 7.61. The monoisotopic (exact) mass is 226 g/mol. The van der Waals surface area contributed by atoms with Crippen LogP contribution in [0.4, 0.5) is 5.82 Å². The standard InChI is InChI=1S/C9H14N4O3/c1-3-16-9(15)6-4-12-13(8(6)10)7(14)5-11-2/h4,11H,3,5,10H2,1-2H3. The van der Waals surface area contributed by atoms with Gasteiger partial charge in [0.05, 0.1) is 19.3 Å². The van der Waals surface area contributed by atoms with Gasteiger partial charge in [0, 0.05) is 0 Å². The van der Waals surface area contributed by atoms with Gasteiger partial charge in [-0.2, -0.15) is 9.78 Å². The first kappa shape index (κ1) is 12.2. The van der Waals surface area contributed by atoms with Gasteiger partial charge in [-0.05, 0) is 14.0 Å². The van der Waals surface area contributed by atoms with E-state index in [0.717, 1.165) is 4.68 Å². The van der Waals surface area contributed by atoms with Crippen molar-refractivity contribution in [3.63, 3.8) is 0 Å². The van der Waals surface area contributed by atoms with Gasteiger partial charge in [-0.1, -0.05) is 0 Å². The topological polar surface area (TPSA) is 99.2 Å². The number of carbonyl (C=O) groups excluding carboxylic acids is 2. The molecule has 7 nitrogen and oxygen atoms in total. The molecule has 1 aromatic rings. The van der Waals surface area contributed by atoms with Crippen LogP contribution in [0.15, 0.2) is 6.20 Å². The van der Waals surface area contributed by atoms with Gasteiger partial charge in [0.15, 0.2) is 0 Å². The smallest absolute Gasteiger partial charge is 0.343 e. The van der Waals surface area contributed by atoms with E-state index in [2.05, 4.69) is 10.4 Å². The van der Waals surface area contributed by atoms with Gasteiger partial charge in [0.2, 0.25) is 0 Å². The Morgan fingerprint density at radius 1 is 1.62 bits per heavy atom. The second kappa shape index (κ2) is 5.26. The second-order valence-electron chi connectivity index (χ2n) is 3.00. The summed E-state index contributed by atoms with van der Waals surface area (Å²) in [6.07, 6.45) is 1.22. The number of carbonyl (C=O) groups is 2. The van der Waals surface area contributed by atoms with Crippen molar-refractivity contribution in [3.8, 4) is 0 Å². The molecule has 1 aromatic heterocycles. The van der Waals surface area contributed by atoms with Crippen LogP contribution in [-0.2, 0) is 4.74 Å². The van der Waals surface area contributed by atoms with Crippen LogP contribution in [0.5, 0.6) is 0 Å². The van der Waals surface area contributed by atoms with Crippen LogP contribution >= 0.6 is 0 Å². The summed E-state index contributed by atoms with van der Waals surface area (Å²) in [4.78, 5) is 22.8. The van der Waals surface area contributed by atoms with Crippen molar-refractivity contribution < 1.29 is 14.3 Å². The van der Waals surface area contributed by atoms with Crippen LogP contribution in [0.2, 0.25) is 0 Å². The number of hydrogen-bond donors (Lipinski definition) is 2. The minimum atomic E-state index is -0.580. The summed E-state index contributed by atoms with van der Waals surface area (Å²) < 4.78 is 5.74. The number of ether oxygens (including phenoxy) is 1. The number of rotatable bonds is 4. The predicted molar refractivity (Wildman–Crippen MR) is 57.1 cm³/mol. The maximum absolute atomic E-state index is 11.5. The SMILES string of the molecule is CCOC(=O)c1cnn(C(=O)CNC)c1N. The summed E-state index contributed by atoms with van der Waals surface area (Å²) in [6.45, 7) is 2.02. The van der Waals surface area contributed by atoms with Crippen LogP contribution < -0.4 is 11.1 Å². The van der Waals surface area contributed by atoms with Gasteiger partial charge < -0.3 is 15.8 Å². The maximum Gasteiger partial charge on any atom is 0.343 e. The molecule has 88 valence electrons. The highest BCUT2D eigenvalue weighted by Gasteiger charge is 2.19. The Kier molecular flexibility index (Phi) is 4.01. The largest absolute Gasteiger partial charge is 0.462 e. The molecule has 0 aliphatic rings. The lowest BCUT2D eigenvalue weighted by molar-refractivity contribution is 0.0527. The number of likely N-dealkylation sites (N-methyl/N-ethyl adjacent to an activating group) is 1. The maximum atomic E-state index is 11.5. The van der Waals surface area contributed by atoms with E-state index in [1.807, 2.05) is 0 Å². The van der Waals surface area contributed by atoms with Crippen LogP contribution in [0.1, 0.15) is 22.1 Å². The number of nitrogens with zero attached hydrogens (tertiary/aromatic N) is 2. The number of nitrogen functional groups attached to an aromatic ring is 1. The fourth-order valence-corrected chi connectivity index (χ4v) is 1.15. The van der Waals surface area contributed by atoms with Gasteiger partial charge in [0.25, 0.3) is 5.91 Å². The number of esters is 1. The highest BCUT2D eigenvalue weighted by atomic mass is 16.5. The molecule has 0 aliphatic heterocycles. The molecule has 3 N–H and O–H groups in total. The lowest BCUT2D eigenvalue weighted by atomic mass is 10.3. The van der Waals surface area contributed by atoms with Crippen molar-refractivity contribution in [1.82, 2.24) is 15.1 Å². The molecule has 0 aliphatic carbocycles. The molecule has 0 fully saturated rings. The molecule has 0 saturated carbocycles. The zero-order chi connectivity index (χ0) is 12.1. The van der Waals surface area contributed by atoms with Crippen molar-refractivity contribution in [1.29, 1.82) is 0 Å². The van der Waals surface area contributed by atoms with E-state index in [-0.39, 0.29) is 30.4 Å². The van der Waals surface area contributed by atoms with Crippen molar-refractivity contribution in [3.05, 3.63) is 11.8 Å². The Morgan fingerprint density at radius 2 is 2.31 bits per heavy atom. The van der Waals surface area contributed by atoms with Gasteiger partial charge >= 0.3 is 5.97 Å². The van der Waals surface area contributed by atoms with E-state index in [0.29, 0.717) is 0 Å². The summed E-state index contributed by atoms with van der Waals surface area (Å²) in [5, 5.41) is 6.41. The van der Waals surface area contributed by atoms with E-state index >= 15 is 0 Å². The van der Waals surface area contributed by atoms with Crippen LogP contribution in [-0.4, -0.2) is 41.9 Å². The summed E-state index contributed by atoms with van der Waals surface area (Å²) in [7, 11) is 1.63. The van der Waals surface area contributed by atoms with Crippen LogP contribution in [0, 0.1) is 0 Å². The molecule has 7 heteroatoms. The molecule has 0 amide bonds. The van der Waals surface area contributed by atoms with Gasteiger partial charge in [-0.15, -0.1) is 0 Å². The number of nitrogens with two attached hydrogens (primary N) is 1.